The van der Waals surface area contributed by atoms with Crippen LogP contribution in [0.5, 0.6) is 5.75 Å². The molecule has 1 aromatic carbocycles. The molecular weight excluding hydrogens is 308 g/mol. The predicted octanol–water partition coefficient (Wildman–Crippen LogP) is 5.10. The van der Waals surface area contributed by atoms with Crippen molar-refractivity contribution in [2.75, 3.05) is 19.0 Å². The zero-order valence-electron chi connectivity index (χ0n) is 15.3. The molecule has 0 spiro atoms. The molecule has 0 radical (unpaired) electrons. The van der Waals surface area contributed by atoms with Gasteiger partial charge >= 0.3 is 0 Å². The Morgan fingerprint density at radius 1 is 1.08 bits per heavy atom. The Kier molecular flexibility index (Phi) is 4.18. The van der Waals surface area contributed by atoms with Crippen molar-refractivity contribution in [2.45, 2.75) is 50.9 Å². The highest BCUT2D eigenvalue weighted by Gasteiger charge is 2.49. The van der Waals surface area contributed by atoms with Crippen molar-refractivity contribution < 1.29 is 4.74 Å². The summed E-state index contributed by atoms with van der Waals surface area (Å²) < 4.78 is 5.44. The van der Waals surface area contributed by atoms with Crippen LogP contribution in [0.2, 0.25) is 0 Å². The highest BCUT2D eigenvalue weighted by Crippen LogP contribution is 2.57. The van der Waals surface area contributed by atoms with Gasteiger partial charge in [-0.1, -0.05) is 12.1 Å². The van der Waals surface area contributed by atoms with Crippen molar-refractivity contribution in [1.82, 2.24) is 4.98 Å². The van der Waals surface area contributed by atoms with Crippen molar-refractivity contribution in [2.24, 2.45) is 5.41 Å². The van der Waals surface area contributed by atoms with Crippen LogP contribution < -0.4 is 10.1 Å². The van der Waals surface area contributed by atoms with Crippen LogP contribution in [0.1, 0.15) is 49.7 Å². The van der Waals surface area contributed by atoms with Crippen molar-refractivity contribution >= 4 is 5.69 Å². The molecule has 0 atom stereocenters. The molecule has 1 aromatic heterocycles. The number of benzene rings is 1. The van der Waals surface area contributed by atoms with Crippen LogP contribution in [-0.4, -0.2) is 18.6 Å². The number of hydrogen-bond acceptors (Lipinski definition) is 3. The van der Waals surface area contributed by atoms with Crippen molar-refractivity contribution in [3.63, 3.8) is 0 Å². The highest BCUT2D eigenvalue weighted by atomic mass is 16.5. The minimum Gasteiger partial charge on any atom is -0.496 e. The summed E-state index contributed by atoms with van der Waals surface area (Å²) in [7, 11) is 1.76. The summed E-state index contributed by atoms with van der Waals surface area (Å²) in [4.78, 5) is 4.21. The Balaban J connectivity index is 1.46. The molecule has 2 aromatic rings. The molecule has 3 nitrogen and oxygen atoms in total. The van der Waals surface area contributed by atoms with Crippen molar-refractivity contribution in [3.05, 3.63) is 53.9 Å². The lowest BCUT2D eigenvalue weighted by Crippen LogP contribution is -2.47. The van der Waals surface area contributed by atoms with Crippen LogP contribution >= 0.6 is 0 Å². The molecule has 5 rings (SSSR count). The Morgan fingerprint density at radius 3 is 2.44 bits per heavy atom. The fraction of sp³-hybridized carbons (Fsp3) is 0.500. The number of aryl methyl sites for hydroxylation is 1. The van der Waals surface area contributed by atoms with Gasteiger partial charge in [-0.3, -0.25) is 4.98 Å². The van der Waals surface area contributed by atoms with E-state index in [0.717, 1.165) is 18.0 Å². The van der Waals surface area contributed by atoms with E-state index in [9.17, 15) is 0 Å². The third kappa shape index (κ3) is 3.01. The first-order chi connectivity index (χ1) is 12.1. The minimum absolute atomic E-state index is 0.396. The van der Waals surface area contributed by atoms with Gasteiger partial charge in [-0.2, -0.15) is 0 Å². The van der Waals surface area contributed by atoms with Gasteiger partial charge < -0.3 is 10.1 Å². The third-order valence-corrected chi connectivity index (χ3v) is 6.74. The van der Waals surface area contributed by atoms with E-state index in [0.29, 0.717) is 10.8 Å². The molecule has 25 heavy (non-hydrogen) atoms. The standard InChI is InChI=1S/C22H28N2O/c1-17-14-18(5-6-20(17)25-2)22-10-7-21(8-11-22,9-12-22)16-24-19-4-3-13-23-15-19/h3-6,13-15,24H,7-12,16H2,1-2H3. The first-order valence-corrected chi connectivity index (χ1v) is 9.44. The van der Waals surface area contributed by atoms with Gasteiger partial charge in [0.15, 0.2) is 0 Å². The van der Waals surface area contributed by atoms with Crippen LogP contribution in [0.25, 0.3) is 0 Å². The van der Waals surface area contributed by atoms with Gasteiger partial charge in [-0.25, -0.2) is 0 Å². The molecule has 3 saturated carbocycles. The molecule has 132 valence electrons. The topological polar surface area (TPSA) is 34.1 Å². The van der Waals surface area contributed by atoms with E-state index < -0.39 is 0 Å². The van der Waals surface area contributed by atoms with Crippen LogP contribution in [-0.2, 0) is 5.41 Å². The molecule has 3 aliphatic rings. The largest absolute Gasteiger partial charge is 0.496 e. The number of rotatable bonds is 5. The molecule has 3 aliphatic carbocycles. The number of nitrogens with zero attached hydrogens (tertiary/aromatic N) is 1. The molecule has 0 amide bonds. The van der Waals surface area contributed by atoms with Crippen molar-refractivity contribution in [3.8, 4) is 5.75 Å². The van der Waals surface area contributed by atoms with Crippen molar-refractivity contribution in [1.29, 1.82) is 0 Å². The van der Waals surface area contributed by atoms with E-state index in [4.69, 9.17) is 4.74 Å². The first kappa shape index (κ1) is 16.4. The second-order valence-corrected chi connectivity index (χ2v) is 8.06. The number of anilines is 1. The van der Waals surface area contributed by atoms with E-state index in [1.165, 1.54) is 49.7 Å². The fourth-order valence-electron chi connectivity index (χ4n) is 4.93. The average molecular weight is 336 g/mol. The summed E-state index contributed by atoms with van der Waals surface area (Å²) in [5.41, 5.74) is 4.80. The third-order valence-electron chi connectivity index (χ3n) is 6.74. The van der Waals surface area contributed by atoms with E-state index in [1.54, 1.807) is 7.11 Å². The van der Waals surface area contributed by atoms with Crippen LogP contribution in [0.4, 0.5) is 5.69 Å². The van der Waals surface area contributed by atoms with Gasteiger partial charge in [0.05, 0.1) is 12.8 Å². The number of nitrogens with one attached hydrogen (secondary N) is 1. The molecule has 2 bridgehead atoms. The summed E-state index contributed by atoms with van der Waals surface area (Å²) in [6, 6.07) is 10.9. The fourth-order valence-corrected chi connectivity index (χ4v) is 4.93. The summed E-state index contributed by atoms with van der Waals surface area (Å²) >= 11 is 0. The van der Waals surface area contributed by atoms with Gasteiger partial charge in [0, 0.05) is 18.9 Å². The maximum Gasteiger partial charge on any atom is 0.121 e. The van der Waals surface area contributed by atoms with Gasteiger partial charge in [-0.15, -0.1) is 0 Å². The monoisotopic (exact) mass is 336 g/mol. The molecule has 0 saturated heterocycles. The molecular formula is C22H28N2O. The lowest BCUT2D eigenvalue weighted by molar-refractivity contribution is 0.0505. The van der Waals surface area contributed by atoms with Gasteiger partial charge in [0.25, 0.3) is 0 Å². The summed E-state index contributed by atoms with van der Waals surface area (Å²) in [5, 5.41) is 3.63. The minimum atomic E-state index is 0.396. The number of methoxy groups -OCH3 is 1. The molecule has 3 heteroatoms. The predicted molar refractivity (Wildman–Crippen MR) is 102 cm³/mol. The van der Waals surface area contributed by atoms with E-state index in [1.807, 2.05) is 18.5 Å². The summed E-state index contributed by atoms with van der Waals surface area (Å²) in [5.74, 6) is 1.00. The normalized spacial score (nSPS) is 27.9. The molecule has 1 heterocycles. The van der Waals surface area contributed by atoms with Crippen LogP contribution in [0, 0.1) is 12.3 Å². The van der Waals surface area contributed by atoms with Crippen LogP contribution in [0.15, 0.2) is 42.7 Å². The quantitative estimate of drug-likeness (QED) is 0.824. The number of fused-ring (bicyclic) bond motifs is 3. The number of aromatic nitrogens is 1. The van der Waals surface area contributed by atoms with Crippen LogP contribution in [0.3, 0.4) is 0 Å². The highest BCUT2D eigenvalue weighted by molar-refractivity contribution is 5.42. The Hall–Kier alpha value is -2.03. The van der Waals surface area contributed by atoms with Gasteiger partial charge in [-0.05, 0) is 85.6 Å². The number of hydrogen-bond donors (Lipinski definition) is 1. The maximum atomic E-state index is 5.44. The van der Waals surface area contributed by atoms with Gasteiger partial charge in [0.1, 0.15) is 5.75 Å². The Labute approximate surface area is 150 Å². The maximum absolute atomic E-state index is 5.44. The molecule has 3 fully saturated rings. The van der Waals surface area contributed by atoms with E-state index >= 15 is 0 Å². The SMILES string of the molecule is COc1ccc(C23CCC(CNc4cccnc4)(CC2)CC3)cc1C. The average Bonchev–Trinajstić information content (AvgIpc) is 2.69. The smallest absolute Gasteiger partial charge is 0.121 e. The van der Waals surface area contributed by atoms with Gasteiger partial charge in [0.2, 0.25) is 0 Å². The number of ether oxygens (including phenoxy) is 1. The number of pyridine rings is 1. The second kappa shape index (κ2) is 6.36. The Bertz CT molecular complexity index is 716. The second-order valence-electron chi connectivity index (χ2n) is 8.06. The zero-order chi connectivity index (χ0) is 17.3. The molecule has 0 unspecified atom stereocenters. The summed E-state index contributed by atoms with van der Waals surface area (Å²) in [6.07, 6.45) is 11.7. The molecule has 0 aliphatic heterocycles. The molecule has 1 N–H and O–H groups in total. The summed E-state index contributed by atoms with van der Waals surface area (Å²) in [6.45, 7) is 3.24. The Morgan fingerprint density at radius 2 is 1.84 bits per heavy atom. The lowest BCUT2D eigenvalue weighted by atomic mass is 9.52. The zero-order valence-corrected chi connectivity index (χ0v) is 15.3. The van der Waals surface area contributed by atoms with E-state index in [-0.39, 0.29) is 0 Å². The van der Waals surface area contributed by atoms with E-state index in [2.05, 4.69) is 41.5 Å². The first-order valence-electron chi connectivity index (χ1n) is 9.44. The lowest BCUT2D eigenvalue weighted by Gasteiger charge is -2.54.